The highest BCUT2D eigenvalue weighted by atomic mass is 35.5. The van der Waals surface area contributed by atoms with Crippen LogP contribution < -0.4 is 10.1 Å². The smallest absolute Gasteiger partial charge is 0.406 e. The minimum Gasteiger partial charge on any atom is -0.406 e. The third kappa shape index (κ3) is 4.31. The largest absolute Gasteiger partial charge is 0.573 e. The van der Waals surface area contributed by atoms with E-state index in [9.17, 15) is 18.0 Å². The molecule has 1 aliphatic rings. The highest BCUT2D eigenvalue weighted by molar-refractivity contribution is 6.31. The molecule has 5 rings (SSSR count). The molecule has 0 bridgehead atoms. The zero-order chi connectivity index (χ0) is 23.9. The zero-order valence-corrected chi connectivity index (χ0v) is 18.4. The van der Waals surface area contributed by atoms with Gasteiger partial charge in [0.25, 0.3) is 5.91 Å². The van der Waals surface area contributed by atoms with Crippen LogP contribution in [0.4, 0.5) is 19.0 Å². The number of H-pyrrole nitrogens is 1. The second kappa shape index (κ2) is 8.32. The molecule has 0 saturated heterocycles. The molecule has 0 atom stereocenters. The van der Waals surface area contributed by atoms with Gasteiger partial charge in [-0.3, -0.25) is 4.79 Å². The van der Waals surface area contributed by atoms with Gasteiger partial charge in [0, 0.05) is 22.8 Å². The Morgan fingerprint density at radius 2 is 1.94 bits per heavy atom. The molecule has 2 N–H and O–H groups in total. The Bertz CT molecular complexity index is 1360. The van der Waals surface area contributed by atoms with Gasteiger partial charge in [0.05, 0.1) is 16.4 Å². The maximum Gasteiger partial charge on any atom is 0.573 e. The average molecular weight is 487 g/mol. The number of halogens is 4. The van der Waals surface area contributed by atoms with Crippen molar-refractivity contribution in [3.8, 4) is 5.75 Å². The van der Waals surface area contributed by atoms with Crippen LogP contribution in [0.2, 0.25) is 5.02 Å². The lowest BCUT2D eigenvalue weighted by molar-refractivity contribution is -0.274. The third-order valence-electron chi connectivity index (χ3n) is 5.99. The molecule has 0 unspecified atom stereocenters. The van der Waals surface area contributed by atoms with Gasteiger partial charge in [0.1, 0.15) is 17.4 Å². The molecule has 6 nitrogen and oxygen atoms in total. The summed E-state index contributed by atoms with van der Waals surface area (Å²) < 4.78 is 41.7. The molecule has 0 aliphatic heterocycles. The molecule has 34 heavy (non-hydrogen) atoms. The first kappa shape index (κ1) is 22.2. The SMILES string of the molecule is O=C(Nc1ccc(C2(c3nc4ccc(OC(F)(F)F)cc4[nH]3)CCC2)cn1)c1cccc(Cl)c1. The van der Waals surface area contributed by atoms with Crippen molar-refractivity contribution in [1.29, 1.82) is 0 Å². The van der Waals surface area contributed by atoms with Crippen LogP contribution in [-0.4, -0.2) is 27.2 Å². The van der Waals surface area contributed by atoms with Gasteiger partial charge < -0.3 is 15.0 Å². The normalized spacial score (nSPS) is 15.1. The predicted octanol–water partition coefficient (Wildman–Crippen LogP) is 6.23. The number of hydrogen-bond donors (Lipinski definition) is 2. The number of anilines is 1. The highest BCUT2D eigenvalue weighted by Gasteiger charge is 2.43. The molecule has 2 heterocycles. The Balaban J connectivity index is 1.39. The Hall–Kier alpha value is -3.59. The van der Waals surface area contributed by atoms with E-state index >= 15 is 0 Å². The fraction of sp³-hybridized carbons (Fsp3) is 0.208. The second-order valence-corrected chi connectivity index (χ2v) is 8.58. The molecule has 1 amide bonds. The van der Waals surface area contributed by atoms with E-state index in [1.54, 1.807) is 36.5 Å². The lowest BCUT2D eigenvalue weighted by Gasteiger charge is -2.40. The molecule has 0 spiro atoms. The monoisotopic (exact) mass is 486 g/mol. The van der Waals surface area contributed by atoms with E-state index in [0.717, 1.165) is 24.8 Å². The van der Waals surface area contributed by atoms with Gasteiger partial charge in [-0.15, -0.1) is 13.2 Å². The fourth-order valence-corrected chi connectivity index (χ4v) is 4.36. The number of rotatable bonds is 5. The van der Waals surface area contributed by atoms with E-state index in [0.29, 0.717) is 33.3 Å². The maximum absolute atomic E-state index is 12.6. The number of benzene rings is 2. The number of fused-ring (bicyclic) bond motifs is 1. The van der Waals surface area contributed by atoms with E-state index < -0.39 is 11.8 Å². The number of imidazole rings is 1. The molecule has 10 heteroatoms. The van der Waals surface area contributed by atoms with Crippen molar-refractivity contribution in [2.24, 2.45) is 0 Å². The summed E-state index contributed by atoms with van der Waals surface area (Å²) in [5, 5.41) is 3.21. The topological polar surface area (TPSA) is 79.9 Å². The molecule has 2 aromatic carbocycles. The van der Waals surface area contributed by atoms with Crippen molar-refractivity contribution in [2.75, 3.05) is 5.32 Å². The Morgan fingerprint density at radius 3 is 2.59 bits per heavy atom. The summed E-state index contributed by atoms with van der Waals surface area (Å²) in [4.78, 5) is 24.6. The van der Waals surface area contributed by atoms with E-state index in [2.05, 4.69) is 25.0 Å². The Kier molecular flexibility index (Phi) is 5.44. The first-order chi connectivity index (χ1) is 16.2. The van der Waals surface area contributed by atoms with Crippen LogP contribution in [-0.2, 0) is 5.41 Å². The van der Waals surface area contributed by atoms with Crippen LogP contribution in [0, 0.1) is 0 Å². The zero-order valence-electron chi connectivity index (χ0n) is 17.6. The van der Waals surface area contributed by atoms with Gasteiger partial charge >= 0.3 is 6.36 Å². The number of hydrogen-bond acceptors (Lipinski definition) is 4. The van der Waals surface area contributed by atoms with E-state index in [1.807, 2.05) is 6.07 Å². The first-order valence-electron chi connectivity index (χ1n) is 10.5. The molecular weight excluding hydrogens is 469 g/mol. The standard InChI is InChI=1S/C24H18ClF3N4O2/c25-16-4-1-3-14(11-16)21(33)32-20-8-5-15(13-29-20)23(9-2-10-23)22-30-18-7-6-17(12-19(18)31-22)34-24(26,27)28/h1,3-8,11-13H,2,9-10H2,(H,30,31)(H,29,32,33). The summed E-state index contributed by atoms with van der Waals surface area (Å²) in [6, 6.07) is 14.2. The number of nitrogens with one attached hydrogen (secondary N) is 2. The predicted molar refractivity (Wildman–Crippen MR) is 121 cm³/mol. The first-order valence-corrected chi connectivity index (χ1v) is 10.9. The van der Waals surface area contributed by atoms with Crippen molar-refractivity contribution < 1.29 is 22.7 Å². The highest BCUT2D eigenvalue weighted by Crippen LogP contribution is 2.48. The molecule has 4 aromatic rings. The summed E-state index contributed by atoms with van der Waals surface area (Å²) in [6.45, 7) is 0. The minimum absolute atomic E-state index is 0.306. The van der Waals surface area contributed by atoms with Crippen LogP contribution in [0.3, 0.4) is 0 Å². The van der Waals surface area contributed by atoms with E-state index in [4.69, 9.17) is 11.6 Å². The van der Waals surface area contributed by atoms with Gasteiger partial charge in [0.15, 0.2) is 0 Å². The molecule has 1 fully saturated rings. The van der Waals surface area contributed by atoms with Crippen molar-refractivity contribution in [2.45, 2.75) is 31.0 Å². The number of aromatic amines is 1. The van der Waals surface area contributed by atoms with Crippen LogP contribution in [0.5, 0.6) is 5.75 Å². The van der Waals surface area contributed by atoms with Gasteiger partial charge in [-0.1, -0.05) is 30.2 Å². The average Bonchev–Trinajstić information content (AvgIpc) is 3.16. The van der Waals surface area contributed by atoms with E-state index in [1.165, 1.54) is 18.2 Å². The number of amides is 1. The minimum atomic E-state index is -4.76. The van der Waals surface area contributed by atoms with Gasteiger partial charge in [0.2, 0.25) is 0 Å². The summed E-state index contributed by atoms with van der Waals surface area (Å²) >= 11 is 5.95. The van der Waals surface area contributed by atoms with Crippen molar-refractivity contribution in [3.05, 3.63) is 82.8 Å². The Morgan fingerprint density at radius 1 is 1.12 bits per heavy atom. The van der Waals surface area contributed by atoms with Gasteiger partial charge in [-0.25, -0.2) is 9.97 Å². The number of pyridine rings is 1. The van der Waals surface area contributed by atoms with Gasteiger partial charge in [-0.2, -0.15) is 0 Å². The fourth-order valence-electron chi connectivity index (χ4n) is 4.17. The van der Waals surface area contributed by atoms with Crippen LogP contribution in [0.25, 0.3) is 11.0 Å². The van der Waals surface area contributed by atoms with Crippen LogP contribution in [0.15, 0.2) is 60.8 Å². The molecular formula is C24H18ClF3N4O2. The quantitative estimate of drug-likeness (QED) is 0.350. The van der Waals surface area contributed by atoms with Crippen LogP contribution >= 0.6 is 11.6 Å². The lowest BCUT2D eigenvalue weighted by Crippen LogP contribution is -2.36. The van der Waals surface area contributed by atoms with Crippen molar-refractivity contribution in [1.82, 2.24) is 15.0 Å². The number of carbonyl (C=O) groups is 1. The lowest BCUT2D eigenvalue weighted by atomic mass is 9.64. The summed E-state index contributed by atoms with van der Waals surface area (Å²) in [5.41, 5.74) is 1.91. The summed E-state index contributed by atoms with van der Waals surface area (Å²) in [5.74, 6) is 0.423. The number of aromatic nitrogens is 3. The number of carbonyl (C=O) groups excluding carboxylic acids is 1. The summed E-state index contributed by atoms with van der Waals surface area (Å²) in [6.07, 6.45) is -0.463. The van der Waals surface area contributed by atoms with Gasteiger partial charge in [-0.05, 0) is 54.8 Å². The molecule has 174 valence electrons. The molecule has 1 saturated carbocycles. The van der Waals surface area contributed by atoms with Crippen LogP contribution in [0.1, 0.15) is 41.0 Å². The van der Waals surface area contributed by atoms with Crippen molar-refractivity contribution in [3.63, 3.8) is 0 Å². The summed E-state index contributed by atoms with van der Waals surface area (Å²) in [7, 11) is 0. The number of ether oxygens (including phenoxy) is 1. The third-order valence-corrected chi connectivity index (χ3v) is 6.23. The Labute approximate surface area is 197 Å². The number of alkyl halides is 3. The van der Waals surface area contributed by atoms with E-state index in [-0.39, 0.29) is 11.7 Å². The maximum atomic E-state index is 12.6. The second-order valence-electron chi connectivity index (χ2n) is 8.14. The van der Waals surface area contributed by atoms with Crippen molar-refractivity contribution >= 4 is 34.4 Å². The molecule has 2 aromatic heterocycles. The number of nitrogens with zero attached hydrogens (tertiary/aromatic N) is 2. The molecule has 0 radical (unpaired) electrons. The molecule has 1 aliphatic carbocycles.